The van der Waals surface area contributed by atoms with Crippen LogP contribution in [-0.2, 0) is 9.53 Å². The standard InChI is InChI=1S/C19H22FN3O4/c1-12(24)22-10-16-17(11-22)27-19(26)23(16)15-5-7-21(8-6-15)18(25)13-3-2-4-14(20)9-13/h2-4,9,15-17H,5-8,10-11H2,1H3/t16-,17+/m1/s1. The number of fused-ring (bicyclic) bond motifs is 1. The zero-order chi connectivity index (χ0) is 19.1. The van der Waals surface area contributed by atoms with Crippen LogP contribution < -0.4 is 0 Å². The van der Waals surface area contributed by atoms with Crippen LogP contribution in [-0.4, -0.2) is 77.0 Å². The predicted molar refractivity (Wildman–Crippen MR) is 93.5 cm³/mol. The van der Waals surface area contributed by atoms with E-state index in [2.05, 4.69) is 0 Å². The highest BCUT2D eigenvalue weighted by atomic mass is 19.1. The summed E-state index contributed by atoms with van der Waals surface area (Å²) in [5.41, 5.74) is 0.335. The van der Waals surface area contributed by atoms with Crippen LogP contribution in [0, 0.1) is 5.82 Å². The first kappa shape index (κ1) is 17.8. The number of halogens is 1. The monoisotopic (exact) mass is 375 g/mol. The fourth-order valence-electron chi connectivity index (χ4n) is 4.29. The minimum atomic E-state index is -0.433. The summed E-state index contributed by atoms with van der Waals surface area (Å²) in [7, 11) is 0. The van der Waals surface area contributed by atoms with E-state index in [0.29, 0.717) is 44.6 Å². The van der Waals surface area contributed by atoms with Gasteiger partial charge in [0.05, 0.1) is 12.6 Å². The molecule has 3 aliphatic rings. The number of carbonyl (C=O) groups is 3. The average Bonchev–Trinajstić information content (AvgIpc) is 3.18. The molecular weight excluding hydrogens is 353 g/mol. The van der Waals surface area contributed by atoms with Gasteiger partial charge in [-0.3, -0.25) is 14.5 Å². The molecule has 3 amide bonds. The van der Waals surface area contributed by atoms with E-state index >= 15 is 0 Å². The van der Waals surface area contributed by atoms with E-state index in [9.17, 15) is 18.8 Å². The number of piperidine rings is 1. The molecule has 2 atom stereocenters. The number of ether oxygens (including phenoxy) is 1. The molecule has 0 saturated carbocycles. The normalized spacial score (nSPS) is 25.6. The molecule has 27 heavy (non-hydrogen) atoms. The second kappa shape index (κ2) is 6.83. The van der Waals surface area contributed by atoms with Crippen LogP contribution in [0.15, 0.2) is 24.3 Å². The van der Waals surface area contributed by atoms with Gasteiger partial charge < -0.3 is 14.5 Å². The van der Waals surface area contributed by atoms with E-state index in [1.54, 1.807) is 20.8 Å². The van der Waals surface area contributed by atoms with Crippen LogP contribution in [0.1, 0.15) is 30.1 Å². The topological polar surface area (TPSA) is 70.2 Å². The molecule has 0 unspecified atom stereocenters. The van der Waals surface area contributed by atoms with Gasteiger partial charge in [0, 0.05) is 38.2 Å². The molecule has 7 nitrogen and oxygen atoms in total. The molecule has 3 heterocycles. The Balaban J connectivity index is 1.40. The molecule has 1 aromatic carbocycles. The number of nitrogens with zero attached hydrogens (tertiary/aromatic N) is 3. The van der Waals surface area contributed by atoms with Crippen molar-refractivity contribution in [2.24, 2.45) is 0 Å². The number of rotatable bonds is 2. The van der Waals surface area contributed by atoms with Crippen molar-refractivity contribution in [3.8, 4) is 0 Å². The zero-order valence-electron chi connectivity index (χ0n) is 15.1. The van der Waals surface area contributed by atoms with Gasteiger partial charge in [-0.15, -0.1) is 0 Å². The maximum Gasteiger partial charge on any atom is 0.410 e. The molecule has 1 aromatic rings. The van der Waals surface area contributed by atoms with Crippen LogP contribution >= 0.6 is 0 Å². The Hall–Kier alpha value is -2.64. The summed E-state index contributed by atoms with van der Waals surface area (Å²) >= 11 is 0. The van der Waals surface area contributed by atoms with Gasteiger partial charge in [0.15, 0.2) is 0 Å². The van der Waals surface area contributed by atoms with Gasteiger partial charge in [-0.2, -0.15) is 0 Å². The number of hydrogen-bond acceptors (Lipinski definition) is 4. The third kappa shape index (κ3) is 3.24. The van der Waals surface area contributed by atoms with Gasteiger partial charge in [-0.05, 0) is 31.0 Å². The Morgan fingerprint density at radius 1 is 1.15 bits per heavy atom. The summed E-state index contributed by atoms with van der Waals surface area (Å²) < 4.78 is 18.8. The molecule has 3 saturated heterocycles. The van der Waals surface area contributed by atoms with Crippen LogP contribution in [0.4, 0.5) is 9.18 Å². The van der Waals surface area contributed by atoms with E-state index in [-0.39, 0.29) is 36.1 Å². The summed E-state index contributed by atoms with van der Waals surface area (Å²) in [5.74, 6) is -0.646. The Kier molecular flexibility index (Phi) is 4.49. The van der Waals surface area contributed by atoms with Gasteiger partial charge in [0.25, 0.3) is 5.91 Å². The van der Waals surface area contributed by atoms with Gasteiger partial charge >= 0.3 is 6.09 Å². The molecular formula is C19H22FN3O4. The molecule has 3 aliphatic heterocycles. The smallest absolute Gasteiger partial charge is 0.410 e. The zero-order valence-corrected chi connectivity index (χ0v) is 15.1. The fourth-order valence-corrected chi connectivity index (χ4v) is 4.29. The molecule has 0 radical (unpaired) electrons. The van der Waals surface area contributed by atoms with Crippen molar-refractivity contribution in [3.05, 3.63) is 35.6 Å². The van der Waals surface area contributed by atoms with Gasteiger partial charge in [0.2, 0.25) is 5.91 Å². The van der Waals surface area contributed by atoms with Crippen molar-refractivity contribution in [1.82, 2.24) is 14.7 Å². The highest BCUT2D eigenvalue weighted by molar-refractivity contribution is 5.94. The lowest BCUT2D eigenvalue weighted by atomic mass is 10.0. The maximum absolute atomic E-state index is 13.4. The van der Waals surface area contributed by atoms with Crippen LogP contribution in [0.2, 0.25) is 0 Å². The first-order valence-corrected chi connectivity index (χ1v) is 9.23. The Morgan fingerprint density at radius 3 is 2.56 bits per heavy atom. The molecule has 3 fully saturated rings. The predicted octanol–water partition coefficient (Wildman–Crippen LogP) is 1.48. The summed E-state index contributed by atoms with van der Waals surface area (Å²) in [6.45, 7) is 3.45. The van der Waals surface area contributed by atoms with Gasteiger partial charge in [-0.25, -0.2) is 9.18 Å². The average molecular weight is 375 g/mol. The molecule has 0 aromatic heterocycles. The second-order valence-corrected chi connectivity index (χ2v) is 7.35. The highest BCUT2D eigenvalue weighted by Crippen LogP contribution is 2.32. The van der Waals surface area contributed by atoms with Crippen molar-refractivity contribution in [1.29, 1.82) is 0 Å². The summed E-state index contributed by atoms with van der Waals surface area (Å²) in [5, 5.41) is 0. The molecule has 0 spiro atoms. The minimum absolute atomic E-state index is 0.0176. The minimum Gasteiger partial charge on any atom is -0.442 e. The Morgan fingerprint density at radius 2 is 1.89 bits per heavy atom. The third-order valence-electron chi connectivity index (χ3n) is 5.72. The molecule has 4 rings (SSSR count). The van der Waals surface area contributed by atoms with Crippen LogP contribution in [0.25, 0.3) is 0 Å². The Labute approximate surface area is 156 Å². The van der Waals surface area contributed by atoms with Crippen LogP contribution in [0.3, 0.4) is 0 Å². The summed E-state index contributed by atoms with van der Waals surface area (Å²) in [6.07, 6.45) is 0.676. The number of benzene rings is 1. The van der Waals surface area contributed by atoms with Crippen molar-refractivity contribution in [2.75, 3.05) is 26.2 Å². The van der Waals surface area contributed by atoms with Gasteiger partial charge in [0.1, 0.15) is 11.9 Å². The molecule has 0 bridgehead atoms. The lowest BCUT2D eigenvalue weighted by molar-refractivity contribution is -0.128. The summed E-state index contributed by atoms with van der Waals surface area (Å²) in [4.78, 5) is 41.6. The molecule has 144 valence electrons. The summed E-state index contributed by atoms with van der Waals surface area (Å²) in [6, 6.07) is 5.55. The van der Waals surface area contributed by atoms with Gasteiger partial charge in [-0.1, -0.05) is 6.07 Å². The first-order chi connectivity index (χ1) is 12.9. The second-order valence-electron chi connectivity index (χ2n) is 7.35. The lowest BCUT2D eigenvalue weighted by Gasteiger charge is -2.37. The SMILES string of the molecule is CC(=O)N1C[C@@H]2OC(=O)N(C3CCN(C(=O)c4cccc(F)c4)CC3)[C@@H]2C1. The molecule has 0 aliphatic carbocycles. The maximum atomic E-state index is 13.4. The van der Waals surface area contributed by atoms with Crippen molar-refractivity contribution >= 4 is 17.9 Å². The Bertz CT molecular complexity index is 778. The van der Waals surface area contributed by atoms with Crippen molar-refractivity contribution in [2.45, 2.75) is 38.0 Å². The number of amides is 3. The van der Waals surface area contributed by atoms with E-state index in [4.69, 9.17) is 4.74 Å². The van der Waals surface area contributed by atoms with Crippen molar-refractivity contribution in [3.63, 3.8) is 0 Å². The number of hydrogen-bond donors (Lipinski definition) is 0. The highest BCUT2D eigenvalue weighted by Gasteiger charge is 2.51. The van der Waals surface area contributed by atoms with E-state index in [1.807, 2.05) is 0 Å². The quantitative estimate of drug-likeness (QED) is 0.785. The third-order valence-corrected chi connectivity index (χ3v) is 5.72. The van der Waals surface area contributed by atoms with Crippen molar-refractivity contribution < 1.29 is 23.5 Å². The van der Waals surface area contributed by atoms with Crippen LogP contribution in [0.5, 0.6) is 0 Å². The lowest BCUT2D eigenvalue weighted by Crippen LogP contribution is -2.51. The number of likely N-dealkylation sites (tertiary alicyclic amines) is 2. The fraction of sp³-hybridized carbons (Fsp3) is 0.526. The first-order valence-electron chi connectivity index (χ1n) is 9.23. The number of carbonyl (C=O) groups excluding carboxylic acids is 3. The van der Waals surface area contributed by atoms with E-state index in [1.165, 1.54) is 25.1 Å². The molecule has 0 N–H and O–H groups in total. The largest absolute Gasteiger partial charge is 0.442 e. The molecule has 8 heteroatoms. The van der Waals surface area contributed by atoms with E-state index < -0.39 is 5.82 Å². The van der Waals surface area contributed by atoms with E-state index in [0.717, 1.165) is 0 Å².